The molecule has 4 rings (SSSR count). The van der Waals surface area contributed by atoms with Crippen molar-refractivity contribution in [2.45, 2.75) is 19.5 Å². The summed E-state index contributed by atoms with van der Waals surface area (Å²) in [4.78, 5) is 33.7. The Hall–Kier alpha value is -3.29. The number of methoxy groups -OCH3 is 1. The lowest BCUT2D eigenvalue weighted by Gasteiger charge is -2.30. The van der Waals surface area contributed by atoms with E-state index < -0.39 is 6.04 Å². The van der Waals surface area contributed by atoms with Crippen molar-refractivity contribution >= 4 is 32.7 Å². The SMILES string of the molecule is COCCN(C(=O)c1ccc(Br)cc1)C(C)c1nc2ccccc2c(=O)n1Cc1ccccc1. The van der Waals surface area contributed by atoms with Crippen LogP contribution in [0.25, 0.3) is 10.9 Å². The van der Waals surface area contributed by atoms with Crippen LogP contribution in [0.5, 0.6) is 0 Å². The molecule has 1 unspecified atom stereocenters. The van der Waals surface area contributed by atoms with Gasteiger partial charge in [0.2, 0.25) is 0 Å². The van der Waals surface area contributed by atoms with Crippen molar-refractivity contribution in [2.75, 3.05) is 20.3 Å². The molecule has 174 valence electrons. The van der Waals surface area contributed by atoms with E-state index in [0.29, 0.717) is 42.0 Å². The van der Waals surface area contributed by atoms with Crippen molar-refractivity contribution in [1.82, 2.24) is 14.5 Å². The lowest BCUT2D eigenvalue weighted by Crippen LogP contribution is -2.39. The number of benzene rings is 3. The summed E-state index contributed by atoms with van der Waals surface area (Å²) in [6.07, 6.45) is 0. The summed E-state index contributed by atoms with van der Waals surface area (Å²) in [6, 6.07) is 23.9. The maximum Gasteiger partial charge on any atom is 0.261 e. The third-order valence-corrected chi connectivity index (χ3v) is 6.33. The molecule has 7 heteroatoms. The van der Waals surface area contributed by atoms with Crippen molar-refractivity contribution in [3.05, 3.63) is 111 Å². The van der Waals surface area contributed by atoms with E-state index in [1.165, 1.54) is 0 Å². The van der Waals surface area contributed by atoms with Gasteiger partial charge in [-0.1, -0.05) is 58.4 Å². The fourth-order valence-corrected chi connectivity index (χ4v) is 4.25. The fourth-order valence-electron chi connectivity index (χ4n) is 3.98. The van der Waals surface area contributed by atoms with Gasteiger partial charge in [-0.2, -0.15) is 0 Å². The van der Waals surface area contributed by atoms with Gasteiger partial charge in [-0.05, 0) is 48.9 Å². The van der Waals surface area contributed by atoms with Crippen molar-refractivity contribution in [3.63, 3.8) is 0 Å². The second kappa shape index (κ2) is 10.8. The first-order chi connectivity index (χ1) is 16.5. The molecule has 0 aliphatic rings. The van der Waals surface area contributed by atoms with Crippen molar-refractivity contribution < 1.29 is 9.53 Å². The minimum atomic E-state index is -0.465. The lowest BCUT2D eigenvalue weighted by molar-refractivity contribution is 0.0603. The molecule has 3 aromatic carbocycles. The number of para-hydroxylation sites is 1. The molecule has 6 nitrogen and oxygen atoms in total. The number of halogens is 1. The predicted molar refractivity (Wildman–Crippen MR) is 137 cm³/mol. The lowest BCUT2D eigenvalue weighted by atomic mass is 10.1. The summed E-state index contributed by atoms with van der Waals surface area (Å²) in [6.45, 7) is 3.00. The summed E-state index contributed by atoms with van der Waals surface area (Å²) in [5.41, 5.74) is 2.03. The van der Waals surface area contributed by atoms with Gasteiger partial charge >= 0.3 is 0 Å². The minimum Gasteiger partial charge on any atom is -0.383 e. The number of hydrogen-bond donors (Lipinski definition) is 0. The number of ether oxygens (including phenoxy) is 1. The van der Waals surface area contributed by atoms with E-state index in [1.54, 1.807) is 34.8 Å². The Kier molecular flexibility index (Phi) is 7.55. The Labute approximate surface area is 206 Å². The highest BCUT2D eigenvalue weighted by molar-refractivity contribution is 9.10. The Morgan fingerprint density at radius 1 is 1.03 bits per heavy atom. The van der Waals surface area contributed by atoms with Crippen molar-refractivity contribution in [1.29, 1.82) is 0 Å². The molecular formula is C27H26BrN3O3. The first kappa shape index (κ1) is 23.9. The number of amides is 1. The molecule has 1 heterocycles. The van der Waals surface area contributed by atoms with Gasteiger partial charge < -0.3 is 9.64 Å². The standard InChI is InChI=1S/C27H26BrN3O3/c1-19(30(16-17-34-2)26(32)21-12-14-22(28)15-13-21)25-29-24-11-7-6-10-23(24)27(33)31(25)18-20-8-4-3-5-9-20/h3-15,19H,16-18H2,1-2H3. The van der Waals surface area contributed by atoms with E-state index >= 15 is 0 Å². The third-order valence-electron chi connectivity index (χ3n) is 5.80. The zero-order chi connectivity index (χ0) is 24.1. The van der Waals surface area contributed by atoms with Gasteiger partial charge in [0.25, 0.3) is 11.5 Å². The van der Waals surface area contributed by atoms with Gasteiger partial charge in [-0.15, -0.1) is 0 Å². The minimum absolute atomic E-state index is 0.126. The molecule has 0 spiro atoms. The average molecular weight is 520 g/mol. The molecule has 1 aromatic heterocycles. The van der Waals surface area contributed by atoms with E-state index in [9.17, 15) is 9.59 Å². The first-order valence-electron chi connectivity index (χ1n) is 11.1. The van der Waals surface area contributed by atoms with Gasteiger partial charge in [0.15, 0.2) is 0 Å². The zero-order valence-corrected chi connectivity index (χ0v) is 20.7. The van der Waals surface area contributed by atoms with Crippen LogP contribution >= 0.6 is 15.9 Å². The summed E-state index contributed by atoms with van der Waals surface area (Å²) in [5.74, 6) is 0.389. The molecule has 4 aromatic rings. The third kappa shape index (κ3) is 5.11. The fraction of sp³-hybridized carbons (Fsp3) is 0.222. The molecule has 1 atom stereocenters. The predicted octanol–water partition coefficient (Wildman–Crippen LogP) is 5.06. The van der Waals surface area contributed by atoms with Crippen LogP contribution in [0, 0.1) is 0 Å². The van der Waals surface area contributed by atoms with Gasteiger partial charge in [0.05, 0.1) is 30.1 Å². The first-order valence-corrected chi connectivity index (χ1v) is 11.9. The second-order valence-electron chi connectivity index (χ2n) is 8.04. The molecule has 0 saturated heterocycles. The number of hydrogen-bond acceptors (Lipinski definition) is 4. The summed E-state index contributed by atoms with van der Waals surface area (Å²) in [7, 11) is 1.60. The monoisotopic (exact) mass is 519 g/mol. The van der Waals surface area contributed by atoms with Crippen molar-refractivity contribution in [2.24, 2.45) is 0 Å². The van der Waals surface area contributed by atoms with Crippen LogP contribution < -0.4 is 5.56 Å². The Balaban J connectivity index is 1.82. The molecule has 0 aliphatic heterocycles. The van der Waals surface area contributed by atoms with Crippen LogP contribution in [-0.2, 0) is 11.3 Å². The average Bonchev–Trinajstić information content (AvgIpc) is 2.86. The number of carbonyl (C=O) groups is 1. The van der Waals surface area contributed by atoms with E-state index in [1.807, 2.05) is 67.6 Å². The smallest absolute Gasteiger partial charge is 0.261 e. The number of fused-ring (bicyclic) bond motifs is 1. The number of rotatable bonds is 8. The summed E-state index contributed by atoms with van der Waals surface area (Å²) in [5, 5.41) is 0.553. The van der Waals surface area contributed by atoms with E-state index in [4.69, 9.17) is 9.72 Å². The Bertz CT molecular complexity index is 1340. The molecule has 0 bridgehead atoms. The number of aromatic nitrogens is 2. The number of nitrogens with zero attached hydrogens (tertiary/aromatic N) is 3. The Morgan fingerprint density at radius 3 is 2.41 bits per heavy atom. The van der Waals surface area contributed by atoms with Crippen LogP contribution in [0.3, 0.4) is 0 Å². The number of carbonyl (C=O) groups excluding carboxylic acids is 1. The highest BCUT2D eigenvalue weighted by Crippen LogP contribution is 2.23. The van der Waals surface area contributed by atoms with Gasteiger partial charge in [0, 0.05) is 23.7 Å². The van der Waals surface area contributed by atoms with Crippen LogP contribution in [0.2, 0.25) is 0 Å². The molecule has 0 N–H and O–H groups in total. The van der Waals surface area contributed by atoms with Crippen LogP contribution in [0.15, 0.2) is 88.1 Å². The zero-order valence-electron chi connectivity index (χ0n) is 19.1. The molecular weight excluding hydrogens is 494 g/mol. The van der Waals surface area contributed by atoms with E-state index in [2.05, 4.69) is 15.9 Å². The molecule has 0 aliphatic carbocycles. The molecule has 0 saturated carbocycles. The molecule has 1 amide bonds. The van der Waals surface area contributed by atoms with Gasteiger partial charge in [0.1, 0.15) is 5.82 Å². The van der Waals surface area contributed by atoms with Crippen LogP contribution in [0.4, 0.5) is 0 Å². The Morgan fingerprint density at radius 2 is 1.71 bits per heavy atom. The van der Waals surface area contributed by atoms with Crippen LogP contribution in [0.1, 0.15) is 34.7 Å². The highest BCUT2D eigenvalue weighted by Gasteiger charge is 2.27. The highest BCUT2D eigenvalue weighted by atomic mass is 79.9. The summed E-state index contributed by atoms with van der Waals surface area (Å²) < 4.78 is 7.87. The summed E-state index contributed by atoms with van der Waals surface area (Å²) >= 11 is 3.42. The normalized spacial score (nSPS) is 12.0. The second-order valence-corrected chi connectivity index (χ2v) is 8.95. The maximum atomic E-state index is 13.6. The van der Waals surface area contributed by atoms with Gasteiger partial charge in [-0.3, -0.25) is 14.2 Å². The van der Waals surface area contributed by atoms with Crippen LogP contribution in [-0.4, -0.2) is 40.6 Å². The maximum absolute atomic E-state index is 13.6. The van der Waals surface area contributed by atoms with Gasteiger partial charge in [-0.25, -0.2) is 4.98 Å². The molecule has 0 fully saturated rings. The molecule has 34 heavy (non-hydrogen) atoms. The van der Waals surface area contributed by atoms with Crippen molar-refractivity contribution in [3.8, 4) is 0 Å². The largest absolute Gasteiger partial charge is 0.383 e. The molecule has 0 radical (unpaired) electrons. The topological polar surface area (TPSA) is 64.4 Å². The van der Waals surface area contributed by atoms with E-state index in [0.717, 1.165) is 10.0 Å². The van der Waals surface area contributed by atoms with E-state index in [-0.39, 0.29) is 11.5 Å². The quantitative estimate of drug-likeness (QED) is 0.326.